The summed E-state index contributed by atoms with van der Waals surface area (Å²) >= 11 is 0. The van der Waals surface area contributed by atoms with Crippen molar-refractivity contribution < 1.29 is 4.79 Å². The van der Waals surface area contributed by atoms with E-state index in [2.05, 4.69) is 10.2 Å². The van der Waals surface area contributed by atoms with Crippen molar-refractivity contribution in [3.05, 3.63) is 0 Å². The Morgan fingerprint density at radius 2 is 2.33 bits per heavy atom. The molecule has 1 saturated heterocycles. The number of nitrogens with two attached hydrogens (primary N) is 1. The standard InChI is InChI=1S/C11H23N3O/c1-10(15)13-7-9-14-8-3-2-4-11(14)5-6-12/h11H,2-9,12H2,1H3,(H,13,15). The molecule has 0 saturated carbocycles. The van der Waals surface area contributed by atoms with Crippen molar-refractivity contribution in [2.24, 2.45) is 5.73 Å². The molecular weight excluding hydrogens is 190 g/mol. The second-order valence-electron chi connectivity index (χ2n) is 4.25. The Bertz CT molecular complexity index is 194. The highest BCUT2D eigenvalue weighted by Gasteiger charge is 2.20. The van der Waals surface area contributed by atoms with E-state index in [1.54, 1.807) is 6.92 Å². The number of hydrogen-bond acceptors (Lipinski definition) is 3. The molecule has 4 nitrogen and oxygen atoms in total. The summed E-state index contributed by atoms with van der Waals surface area (Å²) in [7, 11) is 0. The molecule has 1 aliphatic heterocycles. The van der Waals surface area contributed by atoms with Crippen LogP contribution < -0.4 is 11.1 Å². The van der Waals surface area contributed by atoms with Gasteiger partial charge in [-0.15, -0.1) is 0 Å². The lowest BCUT2D eigenvalue weighted by molar-refractivity contribution is -0.119. The molecule has 4 heteroatoms. The Balaban J connectivity index is 2.25. The first-order chi connectivity index (χ1) is 7.24. The molecule has 1 atom stereocenters. The number of nitrogens with zero attached hydrogens (tertiary/aromatic N) is 1. The first kappa shape index (κ1) is 12.5. The largest absolute Gasteiger partial charge is 0.355 e. The van der Waals surface area contributed by atoms with Crippen LogP contribution in [-0.4, -0.2) is 43.0 Å². The summed E-state index contributed by atoms with van der Waals surface area (Å²) in [4.78, 5) is 13.2. The Labute approximate surface area is 92.2 Å². The lowest BCUT2D eigenvalue weighted by Gasteiger charge is -2.35. The number of piperidine rings is 1. The third-order valence-electron chi connectivity index (χ3n) is 3.02. The van der Waals surface area contributed by atoms with Gasteiger partial charge in [-0.25, -0.2) is 0 Å². The van der Waals surface area contributed by atoms with Gasteiger partial charge in [-0.05, 0) is 32.4 Å². The predicted molar refractivity (Wildman–Crippen MR) is 61.6 cm³/mol. The van der Waals surface area contributed by atoms with E-state index in [0.29, 0.717) is 6.04 Å². The quantitative estimate of drug-likeness (QED) is 0.692. The van der Waals surface area contributed by atoms with E-state index < -0.39 is 0 Å². The molecule has 0 aliphatic carbocycles. The Kier molecular flexibility index (Phi) is 5.65. The first-order valence-electron chi connectivity index (χ1n) is 5.92. The fraction of sp³-hybridized carbons (Fsp3) is 0.909. The van der Waals surface area contributed by atoms with E-state index in [4.69, 9.17) is 5.73 Å². The Morgan fingerprint density at radius 3 is 3.00 bits per heavy atom. The van der Waals surface area contributed by atoms with Gasteiger partial charge in [-0.2, -0.15) is 0 Å². The average Bonchev–Trinajstić information content (AvgIpc) is 2.20. The summed E-state index contributed by atoms with van der Waals surface area (Å²) in [5.74, 6) is 0.0578. The van der Waals surface area contributed by atoms with Crippen LogP contribution in [0.5, 0.6) is 0 Å². The van der Waals surface area contributed by atoms with Crippen LogP contribution in [0.4, 0.5) is 0 Å². The minimum atomic E-state index is 0.0578. The van der Waals surface area contributed by atoms with Gasteiger partial charge in [0.15, 0.2) is 0 Å². The van der Waals surface area contributed by atoms with E-state index in [0.717, 1.165) is 32.6 Å². The molecule has 15 heavy (non-hydrogen) atoms. The molecule has 1 aliphatic rings. The summed E-state index contributed by atoms with van der Waals surface area (Å²) in [5.41, 5.74) is 5.60. The Morgan fingerprint density at radius 1 is 1.53 bits per heavy atom. The SMILES string of the molecule is CC(=O)NCCN1CCCCC1CCN. The highest BCUT2D eigenvalue weighted by atomic mass is 16.1. The molecule has 3 N–H and O–H groups in total. The zero-order chi connectivity index (χ0) is 11.1. The third-order valence-corrected chi connectivity index (χ3v) is 3.02. The predicted octanol–water partition coefficient (Wildman–Crippen LogP) is 0.326. The second kappa shape index (κ2) is 6.80. The molecule has 0 aromatic heterocycles. The van der Waals surface area contributed by atoms with Crippen LogP contribution in [0.1, 0.15) is 32.6 Å². The maximum atomic E-state index is 10.7. The van der Waals surface area contributed by atoms with Gasteiger partial charge in [-0.1, -0.05) is 6.42 Å². The molecule has 1 unspecified atom stereocenters. The van der Waals surface area contributed by atoms with E-state index >= 15 is 0 Å². The zero-order valence-corrected chi connectivity index (χ0v) is 9.67. The summed E-state index contributed by atoms with van der Waals surface area (Å²) in [5, 5.41) is 2.84. The molecule has 0 spiro atoms. The van der Waals surface area contributed by atoms with Crippen LogP contribution in [-0.2, 0) is 4.79 Å². The van der Waals surface area contributed by atoms with E-state index in [9.17, 15) is 4.79 Å². The van der Waals surface area contributed by atoms with Crippen molar-refractivity contribution in [1.29, 1.82) is 0 Å². The summed E-state index contributed by atoms with van der Waals surface area (Å²) in [6.07, 6.45) is 4.94. The highest BCUT2D eigenvalue weighted by Crippen LogP contribution is 2.18. The van der Waals surface area contributed by atoms with Crippen LogP contribution in [0.3, 0.4) is 0 Å². The molecule has 0 aromatic carbocycles. The molecule has 0 aromatic rings. The van der Waals surface area contributed by atoms with Crippen molar-refractivity contribution in [1.82, 2.24) is 10.2 Å². The molecule has 0 radical (unpaired) electrons. The average molecular weight is 213 g/mol. The molecule has 0 bridgehead atoms. The van der Waals surface area contributed by atoms with Crippen LogP contribution in [0.25, 0.3) is 0 Å². The lowest BCUT2D eigenvalue weighted by atomic mass is 9.99. The number of hydrogen-bond donors (Lipinski definition) is 2. The topological polar surface area (TPSA) is 58.4 Å². The van der Waals surface area contributed by atoms with Crippen LogP contribution >= 0.6 is 0 Å². The van der Waals surface area contributed by atoms with E-state index in [1.807, 2.05) is 0 Å². The van der Waals surface area contributed by atoms with Crippen molar-refractivity contribution in [2.45, 2.75) is 38.6 Å². The van der Waals surface area contributed by atoms with Crippen molar-refractivity contribution in [2.75, 3.05) is 26.2 Å². The maximum Gasteiger partial charge on any atom is 0.216 e. The molecule has 1 fully saturated rings. The molecule has 1 heterocycles. The van der Waals surface area contributed by atoms with Crippen LogP contribution in [0, 0.1) is 0 Å². The van der Waals surface area contributed by atoms with E-state index in [-0.39, 0.29) is 5.91 Å². The summed E-state index contributed by atoms with van der Waals surface area (Å²) in [6, 6.07) is 0.637. The van der Waals surface area contributed by atoms with Gasteiger partial charge in [0.2, 0.25) is 5.91 Å². The van der Waals surface area contributed by atoms with Gasteiger partial charge in [0.25, 0.3) is 0 Å². The van der Waals surface area contributed by atoms with Crippen molar-refractivity contribution in [3.63, 3.8) is 0 Å². The lowest BCUT2D eigenvalue weighted by Crippen LogP contribution is -2.44. The first-order valence-corrected chi connectivity index (χ1v) is 5.92. The molecule has 1 amide bonds. The summed E-state index contributed by atoms with van der Waals surface area (Å²) < 4.78 is 0. The van der Waals surface area contributed by atoms with Gasteiger partial charge >= 0.3 is 0 Å². The minimum Gasteiger partial charge on any atom is -0.355 e. The fourth-order valence-corrected chi connectivity index (χ4v) is 2.25. The van der Waals surface area contributed by atoms with Crippen molar-refractivity contribution >= 4 is 5.91 Å². The fourth-order valence-electron chi connectivity index (χ4n) is 2.25. The number of amides is 1. The maximum absolute atomic E-state index is 10.7. The van der Waals surface area contributed by atoms with Crippen molar-refractivity contribution in [3.8, 4) is 0 Å². The van der Waals surface area contributed by atoms with Gasteiger partial charge in [0.1, 0.15) is 0 Å². The molecule has 1 rings (SSSR count). The zero-order valence-electron chi connectivity index (χ0n) is 9.67. The number of nitrogens with one attached hydrogen (secondary N) is 1. The minimum absolute atomic E-state index is 0.0578. The second-order valence-corrected chi connectivity index (χ2v) is 4.25. The third kappa shape index (κ3) is 4.62. The number of rotatable bonds is 5. The van der Waals surface area contributed by atoms with Crippen LogP contribution in [0.15, 0.2) is 0 Å². The Hall–Kier alpha value is -0.610. The number of carbonyl (C=O) groups is 1. The normalized spacial score (nSPS) is 22.7. The summed E-state index contributed by atoms with van der Waals surface area (Å²) in [6.45, 7) is 5.21. The van der Waals surface area contributed by atoms with Gasteiger partial charge < -0.3 is 11.1 Å². The molecule has 88 valence electrons. The van der Waals surface area contributed by atoms with Gasteiger partial charge in [0.05, 0.1) is 0 Å². The van der Waals surface area contributed by atoms with Crippen LogP contribution in [0.2, 0.25) is 0 Å². The monoisotopic (exact) mass is 213 g/mol. The van der Waals surface area contributed by atoms with Gasteiger partial charge in [0, 0.05) is 26.1 Å². The highest BCUT2D eigenvalue weighted by molar-refractivity contribution is 5.72. The van der Waals surface area contributed by atoms with E-state index in [1.165, 1.54) is 19.3 Å². The van der Waals surface area contributed by atoms with Gasteiger partial charge in [-0.3, -0.25) is 9.69 Å². The smallest absolute Gasteiger partial charge is 0.216 e. The number of likely N-dealkylation sites (tertiary alicyclic amines) is 1. The molecular formula is C11H23N3O. The number of carbonyl (C=O) groups excluding carboxylic acids is 1.